The summed E-state index contributed by atoms with van der Waals surface area (Å²) in [6, 6.07) is 3.71. The first-order valence-electron chi connectivity index (χ1n) is 7.92. The van der Waals surface area contributed by atoms with E-state index in [-0.39, 0.29) is 18.1 Å². The van der Waals surface area contributed by atoms with Crippen LogP contribution in [0.1, 0.15) is 42.6 Å². The van der Waals surface area contributed by atoms with Crippen LogP contribution in [-0.4, -0.2) is 47.3 Å². The molecule has 2 aliphatic heterocycles. The third kappa shape index (κ3) is 2.65. The summed E-state index contributed by atoms with van der Waals surface area (Å²) in [5, 5.41) is 9.83. The van der Waals surface area contributed by atoms with Gasteiger partial charge in [0.25, 0.3) is 5.91 Å². The minimum atomic E-state index is -0.469. The van der Waals surface area contributed by atoms with Gasteiger partial charge in [0.05, 0.1) is 18.2 Å². The Kier molecular flexibility index (Phi) is 4.00. The molecular weight excluding hydrogens is 282 g/mol. The summed E-state index contributed by atoms with van der Waals surface area (Å²) in [6.07, 6.45) is 0.994. The second-order valence-corrected chi connectivity index (χ2v) is 6.28. The van der Waals surface area contributed by atoms with Gasteiger partial charge in [-0.2, -0.15) is 0 Å². The number of aliphatic hydroxyl groups is 1. The smallest absolute Gasteiger partial charge is 0.261 e. The summed E-state index contributed by atoms with van der Waals surface area (Å²) in [7, 11) is 0. The Balaban J connectivity index is 2.02. The Morgan fingerprint density at radius 2 is 2.27 bits per heavy atom. The number of nitrogens with zero attached hydrogens (tertiary/aromatic N) is 1. The van der Waals surface area contributed by atoms with Gasteiger partial charge in [0.15, 0.2) is 0 Å². The molecular formula is C17H23NO4. The van der Waals surface area contributed by atoms with Gasteiger partial charge in [-0.3, -0.25) is 4.79 Å². The summed E-state index contributed by atoms with van der Waals surface area (Å²) in [6.45, 7) is 6.78. The Morgan fingerprint density at radius 1 is 1.50 bits per heavy atom. The summed E-state index contributed by atoms with van der Waals surface area (Å²) in [5.41, 5.74) is 1.49. The highest BCUT2D eigenvalue weighted by Crippen LogP contribution is 2.37. The second-order valence-electron chi connectivity index (χ2n) is 6.28. The average molecular weight is 305 g/mol. The number of ether oxygens (including phenoxy) is 2. The zero-order chi connectivity index (χ0) is 15.9. The highest BCUT2D eigenvalue weighted by Gasteiger charge is 2.40. The van der Waals surface area contributed by atoms with Crippen LogP contribution in [0.4, 0.5) is 0 Å². The molecule has 22 heavy (non-hydrogen) atoms. The molecule has 1 aromatic carbocycles. The van der Waals surface area contributed by atoms with E-state index in [0.29, 0.717) is 36.6 Å². The fourth-order valence-corrected chi connectivity index (χ4v) is 3.07. The quantitative estimate of drug-likeness (QED) is 0.929. The molecule has 5 nitrogen and oxygen atoms in total. The van der Waals surface area contributed by atoms with E-state index in [2.05, 4.69) is 0 Å². The van der Waals surface area contributed by atoms with Crippen molar-refractivity contribution in [3.05, 3.63) is 23.3 Å². The van der Waals surface area contributed by atoms with Crippen LogP contribution < -0.4 is 9.47 Å². The molecule has 0 unspecified atom stereocenters. The summed E-state index contributed by atoms with van der Waals surface area (Å²) >= 11 is 0. The summed E-state index contributed by atoms with van der Waals surface area (Å²) in [4.78, 5) is 14.6. The van der Waals surface area contributed by atoms with E-state index in [4.69, 9.17) is 9.47 Å². The first-order valence-corrected chi connectivity index (χ1v) is 7.92. The van der Waals surface area contributed by atoms with Crippen molar-refractivity contribution in [3.8, 4) is 11.5 Å². The number of hydrogen-bond donors (Lipinski definition) is 1. The summed E-state index contributed by atoms with van der Waals surface area (Å²) < 4.78 is 11.8. The Bertz CT molecular complexity index is 586. The first kappa shape index (κ1) is 15.2. The zero-order valence-corrected chi connectivity index (χ0v) is 13.3. The topological polar surface area (TPSA) is 59.0 Å². The molecule has 3 atom stereocenters. The number of fused-ring (bicyclic) bond motifs is 2. The van der Waals surface area contributed by atoms with Gasteiger partial charge in [-0.1, -0.05) is 6.92 Å². The van der Waals surface area contributed by atoms with Crippen molar-refractivity contribution in [2.24, 2.45) is 0 Å². The Hall–Kier alpha value is -1.75. The van der Waals surface area contributed by atoms with Crippen LogP contribution in [0, 0.1) is 6.92 Å². The largest absolute Gasteiger partial charge is 0.490 e. The van der Waals surface area contributed by atoms with E-state index in [1.807, 2.05) is 32.9 Å². The minimum absolute atomic E-state index is 0.0296. The van der Waals surface area contributed by atoms with Crippen LogP contribution in [0.3, 0.4) is 0 Å². The van der Waals surface area contributed by atoms with Crippen LogP contribution in [0.2, 0.25) is 0 Å². The van der Waals surface area contributed by atoms with Crippen molar-refractivity contribution in [2.45, 2.75) is 51.9 Å². The molecule has 3 rings (SSSR count). The van der Waals surface area contributed by atoms with Crippen LogP contribution in [-0.2, 0) is 0 Å². The Morgan fingerprint density at radius 3 is 3.00 bits per heavy atom. The third-order valence-electron chi connectivity index (χ3n) is 4.41. The zero-order valence-electron chi connectivity index (χ0n) is 13.3. The van der Waals surface area contributed by atoms with Crippen molar-refractivity contribution in [1.82, 2.24) is 4.90 Å². The standard InChI is InChI=1S/C17H23NO4/c1-4-11(3)22-15-6-10(2)5-14-16(15)17(20)18-8-13(19)7-12(18)9-21-14/h5-6,11-13,19H,4,7-9H2,1-3H3/t11-,12+,13+/m0/s1. The average Bonchev–Trinajstić information content (AvgIpc) is 2.79. The molecule has 1 saturated heterocycles. The van der Waals surface area contributed by atoms with E-state index < -0.39 is 6.10 Å². The van der Waals surface area contributed by atoms with E-state index in [1.54, 1.807) is 4.90 Å². The van der Waals surface area contributed by atoms with E-state index in [0.717, 1.165) is 12.0 Å². The van der Waals surface area contributed by atoms with Gasteiger partial charge < -0.3 is 19.5 Å². The molecule has 5 heteroatoms. The fourth-order valence-electron chi connectivity index (χ4n) is 3.07. The molecule has 2 aliphatic rings. The minimum Gasteiger partial charge on any atom is -0.490 e. The normalized spacial score (nSPS) is 25.1. The molecule has 1 aromatic rings. The highest BCUT2D eigenvalue weighted by atomic mass is 16.5. The third-order valence-corrected chi connectivity index (χ3v) is 4.41. The van der Waals surface area contributed by atoms with Crippen LogP contribution in [0.25, 0.3) is 0 Å². The van der Waals surface area contributed by atoms with Crippen molar-refractivity contribution in [2.75, 3.05) is 13.2 Å². The monoisotopic (exact) mass is 305 g/mol. The van der Waals surface area contributed by atoms with Gasteiger partial charge >= 0.3 is 0 Å². The molecule has 1 amide bonds. The first-order chi connectivity index (χ1) is 10.5. The molecule has 0 spiro atoms. The number of amides is 1. The maximum absolute atomic E-state index is 12.9. The molecule has 120 valence electrons. The molecule has 0 aromatic heterocycles. The van der Waals surface area contributed by atoms with Gasteiger partial charge in [-0.15, -0.1) is 0 Å². The molecule has 1 N–H and O–H groups in total. The number of carbonyl (C=O) groups excluding carboxylic acids is 1. The molecule has 0 radical (unpaired) electrons. The number of benzene rings is 1. The van der Waals surface area contributed by atoms with Gasteiger partial charge in [0.1, 0.15) is 23.7 Å². The number of hydrogen-bond acceptors (Lipinski definition) is 4. The predicted octanol–water partition coefficient (Wildman–Crippen LogP) is 2.14. The van der Waals surface area contributed by atoms with Gasteiger partial charge in [0, 0.05) is 6.54 Å². The van der Waals surface area contributed by atoms with E-state index >= 15 is 0 Å². The molecule has 2 heterocycles. The van der Waals surface area contributed by atoms with Crippen LogP contribution in [0.5, 0.6) is 11.5 Å². The van der Waals surface area contributed by atoms with Crippen molar-refractivity contribution in [1.29, 1.82) is 0 Å². The number of carbonyl (C=O) groups is 1. The SMILES string of the molecule is CC[C@H](C)Oc1cc(C)cc2c1C(=O)N1C[C@H](O)C[C@@H]1CO2. The van der Waals surface area contributed by atoms with Crippen LogP contribution in [0.15, 0.2) is 12.1 Å². The lowest BCUT2D eigenvalue weighted by molar-refractivity contribution is 0.0704. The molecule has 0 aliphatic carbocycles. The number of aryl methyl sites for hydroxylation is 1. The lowest BCUT2D eigenvalue weighted by Crippen LogP contribution is -2.37. The van der Waals surface area contributed by atoms with E-state index in [9.17, 15) is 9.90 Å². The van der Waals surface area contributed by atoms with Gasteiger partial charge in [-0.05, 0) is 44.4 Å². The number of aliphatic hydroxyl groups excluding tert-OH is 1. The fraction of sp³-hybridized carbons (Fsp3) is 0.588. The predicted molar refractivity (Wildman–Crippen MR) is 82.5 cm³/mol. The molecule has 0 saturated carbocycles. The van der Waals surface area contributed by atoms with Gasteiger partial charge in [0.2, 0.25) is 0 Å². The molecule has 1 fully saturated rings. The van der Waals surface area contributed by atoms with Crippen molar-refractivity contribution >= 4 is 5.91 Å². The highest BCUT2D eigenvalue weighted by molar-refractivity contribution is 6.00. The lowest BCUT2D eigenvalue weighted by Gasteiger charge is -2.22. The maximum Gasteiger partial charge on any atom is 0.261 e. The number of rotatable bonds is 3. The lowest BCUT2D eigenvalue weighted by atomic mass is 10.1. The maximum atomic E-state index is 12.9. The summed E-state index contributed by atoms with van der Waals surface area (Å²) in [5.74, 6) is 1.07. The van der Waals surface area contributed by atoms with Crippen LogP contribution >= 0.6 is 0 Å². The van der Waals surface area contributed by atoms with E-state index in [1.165, 1.54) is 0 Å². The van der Waals surface area contributed by atoms with Crippen molar-refractivity contribution in [3.63, 3.8) is 0 Å². The Labute approximate surface area is 130 Å². The molecule has 0 bridgehead atoms. The van der Waals surface area contributed by atoms with Crippen molar-refractivity contribution < 1.29 is 19.4 Å². The van der Waals surface area contributed by atoms with Gasteiger partial charge in [-0.25, -0.2) is 0 Å². The second kappa shape index (κ2) is 5.80.